The average molecular weight is 651 g/mol. The van der Waals surface area contributed by atoms with Crippen LogP contribution in [0.15, 0.2) is 12.1 Å². The predicted octanol–water partition coefficient (Wildman–Crippen LogP) is 0.454. The standard InChI is InChI=1S/C22H19BClF3N4O11S/c1-43(40,41)31-5-4-30(22(31)38)21(37)29-15(11-12(24)16(32)17(33)14(27)13(11)26)19(34)28-9-6-7-2-3-8(25)10(20(35)36)18(7)42-23(9)39/h2-3,9,15,32-33,39H,4-6H2,1H3,(H,28,34)(H,29,37)(H,35,36)/t9-,15?/m0/s1. The number of aromatic hydroxyl groups is 2. The van der Waals surface area contributed by atoms with E-state index in [1.165, 1.54) is 0 Å². The van der Waals surface area contributed by atoms with Crippen LogP contribution in [-0.4, -0.2) is 94.3 Å². The molecule has 21 heteroatoms. The lowest BCUT2D eigenvalue weighted by molar-refractivity contribution is -0.123. The van der Waals surface area contributed by atoms with Gasteiger partial charge in [-0.05, 0) is 18.1 Å². The van der Waals surface area contributed by atoms with Crippen LogP contribution < -0.4 is 15.3 Å². The first-order chi connectivity index (χ1) is 19.9. The summed E-state index contributed by atoms with van der Waals surface area (Å²) in [4.78, 5) is 50.7. The lowest BCUT2D eigenvalue weighted by Crippen LogP contribution is -2.56. The minimum Gasteiger partial charge on any atom is -0.534 e. The summed E-state index contributed by atoms with van der Waals surface area (Å²) in [5.74, 6) is -13.6. The minimum absolute atomic E-state index is 0.00366. The van der Waals surface area contributed by atoms with E-state index in [0.29, 0.717) is 15.5 Å². The number of phenols is 2. The second-order valence-corrected chi connectivity index (χ2v) is 11.5. The van der Waals surface area contributed by atoms with Gasteiger partial charge in [0.1, 0.15) is 23.2 Å². The van der Waals surface area contributed by atoms with Gasteiger partial charge in [-0.25, -0.2) is 40.8 Å². The Kier molecular flexibility index (Phi) is 8.31. The number of fused-ring (bicyclic) bond motifs is 1. The molecule has 4 rings (SSSR count). The van der Waals surface area contributed by atoms with Gasteiger partial charge in [0.2, 0.25) is 21.7 Å². The summed E-state index contributed by atoms with van der Waals surface area (Å²) in [5.41, 5.74) is -2.15. The van der Waals surface area contributed by atoms with Crippen molar-refractivity contribution in [2.45, 2.75) is 18.4 Å². The first-order valence-electron chi connectivity index (χ1n) is 11.8. The second-order valence-electron chi connectivity index (χ2n) is 9.25. The summed E-state index contributed by atoms with van der Waals surface area (Å²) in [6, 6.07) is -3.38. The number of carboxylic acids is 1. The summed E-state index contributed by atoms with van der Waals surface area (Å²) in [7, 11) is -6.17. The van der Waals surface area contributed by atoms with Gasteiger partial charge >= 0.3 is 25.1 Å². The lowest BCUT2D eigenvalue weighted by Gasteiger charge is -2.31. The monoisotopic (exact) mass is 650 g/mol. The zero-order valence-corrected chi connectivity index (χ0v) is 23.0. The van der Waals surface area contributed by atoms with Gasteiger partial charge < -0.3 is 35.6 Å². The fraction of sp³-hybridized carbons (Fsp3) is 0.273. The third kappa shape index (κ3) is 5.67. The Balaban J connectivity index is 1.69. The van der Waals surface area contributed by atoms with Crippen molar-refractivity contribution in [2.24, 2.45) is 0 Å². The van der Waals surface area contributed by atoms with Crippen LogP contribution in [0.5, 0.6) is 17.2 Å². The largest absolute Gasteiger partial charge is 0.547 e. The number of aromatic carboxylic acids is 1. The number of sulfonamides is 1. The number of amides is 5. The summed E-state index contributed by atoms with van der Waals surface area (Å²) in [6.07, 6.45) is 0.270. The molecule has 0 aromatic heterocycles. The highest BCUT2D eigenvalue weighted by molar-refractivity contribution is 7.88. The highest BCUT2D eigenvalue weighted by Gasteiger charge is 2.44. The molecule has 1 saturated heterocycles. The SMILES string of the molecule is CS(=O)(=O)N1CCN(C(=O)NC(C(=O)N[C@H]2Cc3ccc(F)c(C(=O)O)c3OB2O)c2c(F)c(F)c(O)c(O)c2Cl)C1=O. The molecule has 0 bridgehead atoms. The van der Waals surface area contributed by atoms with Crippen molar-refractivity contribution in [1.29, 1.82) is 0 Å². The molecule has 6 N–H and O–H groups in total. The number of carbonyl (C=O) groups excluding carboxylic acids is 3. The summed E-state index contributed by atoms with van der Waals surface area (Å²) in [6.45, 7) is -0.998. The van der Waals surface area contributed by atoms with Gasteiger partial charge in [-0.1, -0.05) is 17.7 Å². The van der Waals surface area contributed by atoms with Crippen molar-refractivity contribution >= 4 is 52.7 Å². The molecule has 5 amide bonds. The smallest absolute Gasteiger partial charge is 0.534 e. The van der Waals surface area contributed by atoms with E-state index in [2.05, 4.69) is 5.32 Å². The minimum atomic E-state index is -4.12. The molecule has 0 saturated carbocycles. The Morgan fingerprint density at radius 1 is 1.14 bits per heavy atom. The number of urea groups is 2. The predicted molar refractivity (Wildman–Crippen MR) is 137 cm³/mol. The third-order valence-electron chi connectivity index (χ3n) is 6.49. The Bertz CT molecular complexity index is 1650. The molecule has 2 aromatic rings. The van der Waals surface area contributed by atoms with Crippen molar-refractivity contribution in [3.63, 3.8) is 0 Å². The van der Waals surface area contributed by atoms with E-state index in [9.17, 15) is 56.7 Å². The molecule has 0 spiro atoms. The number of rotatable bonds is 6. The third-order valence-corrected chi connectivity index (χ3v) is 8.02. The highest BCUT2D eigenvalue weighted by atomic mass is 35.5. The molecule has 230 valence electrons. The van der Waals surface area contributed by atoms with Crippen LogP contribution in [-0.2, 0) is 21.2 Å². The number of nitrogens with one attached hydrogen (secondary N) is 2. The molecule has 2 heterocycles. The average Bonchev–Trinajstić information content (AvgIpc) is 3.32. The summed E-state index contributed by atoms with van der Waals surface area (Å²) >= 11 is 5.89. The molecule has 2 aromatic carbocycles. The molecular weight excluding hydrogens is 632 g/mol. The first kappa shape index (κ1) is 31.5. The van der Waals surface area contributed by atoms with Crippen LogP contribution in [0.4, 0.5) is 22.8 Å². The maximum atomic E-state index is 15.1. The van der Waals surface area contributed by atoms with Gasteiger partial charge in [-0.3, -0.25) is 4.79 Å². The number of carboxylic acid groups (broad SMARTS) is 1. The molecule has 0 aliphatic carbocycles. The van der Waals surface area contributed by atoms with Crippen LogP contribution in [0.1, 0.15) is 27.5 Å². The van der Waals surface area contributed by atoms with Gasteiger partial charge in [0.05, 0.1) is 30.3 Å². The Labute approximate surface area is 244 Å². The number of benzene rings is 2. The van der Waals surface area contributed by atoms with Gasteiger partial charge in [0.25, 0.3) is 0 Å². The number of nitrogens with zero attached hydrogens (tertiary/aromatic N) is 2. The van der Waals surface area contributed by atoms with E-state index in [-0.39, 0.29) is 5.56 Å². The molecule has 2 aliphatic rings. The van der Waals surface area contributed by atoms with Crippen LogP contribution in [0.25, 0.3) is 0 Å². The molecule has 1 fully saturated rings. The Morgan fingerprint density at radius 3 is 2.37 bits per heavy atom. The van der Waals surface area contributed by atoms with Crippen molar-refractivity contribution in [3.05, 3.63) is 51.3 Å². The number of phenolic OH excluding ortho intramolecular Hbond substituents is 2. The molecule has 43 heavy (non-hydrogen) atoms. The number of hydrogen-bond donors (Lipinski definition) is 6. The topological polar surface area (TPSA) is 223 Å². The zero-order chi connectivity index (χ0) is 32.1. The van der Waals surface area contributed by atoms with Gasteiger partial charge in [0, 0.05) is 5.56 Å². The van der Waals surface area contributed by atoms with Crippen molar-refractivity contribution in [3.8, 4) is 17.2 Å². The van der Waals surface area contributed by atoms with E-state index in [0.717, 1.165) is 12.1 Å². The Morgan fingerprint density at radius 2 is 1.79 bits per heavy atom. The van der Waals surface area contributed by atoms with Gasteiger partial charge in [-0.15, -0.1) is 0 Å². The zero-order valence-electron chi connectivity index (χ0n) is 21.5. The molecule has 0 radical (unpaired) electrons. The molecule has 1 unspecified atom stereocenters. The molecular formula is C22H19BClF3N4O11S. The van der Waals surface area contributed by atoms with E-state index in [1.807, 2.05) is 5.32 Å². The quantitative estimate of drug-likeness (QED) is 0.143. The molecule has 15 nitrogen and oxygen atoms in total. The van der Waals surface area contributed by atoms with Crippen molar-refractivity contribution < 1.29 is 65.8 Å². The highest BCUT2D eigenvalue weighted by Crippen LogP contribution is 2.43. The number of hydrogen-bond acceptors (Lipinski definition) is 10. The number of imide groups is 1. The maximum Gasteiger partial charge on any atom is 0.547 e. The molecule has 2 atom stereocenters. The fourth-order valence-corrected chi connectivity index (χ4v) is 5.49. The van der Waals surface area contributed by atoms with Gasteiger partial charge in [0.15, 0.2) is 17.3 Å². The first-order valence-corrected chi connectivity index (χ1v) is 14.1. The van der Waals surface area contributed by atoms with Crippen LogP contribution in [0.3, 0.4) is 0 Å². The lowest BCUT2D eigenvalue weighted by atomic mass is 9.72. The van der Waals surface area contributed by atoms with Crippen LogP contribution in [0, 0.1) is 17.5 Å². The van der Waals surface area contributed by atoms with Crippen LogP contribution >= 0.6 is 11.6 Å². The normalized spacial score (nSPS) is 17.3. The summed E-state index contributed by atoms with van der Waals surface area (Å²) in [5, 5.41) is 42.2. The van der Waals surface area contributed by atoms with E-state index in [1.54, 1.807) is 0 Å². The van der Waals surface area contributed by atoms with Crippen molar-refractivity contribution in [1.82, 2.24) is 19.8 Å². The fourth-order valence-electron chi connectivity index (χ4n) is 4.42. The van der Waals surface area contributed by atoms with E-state index in [4.69, 9.17) is 16.3 Å². The maximum absolute atomic E-state index is 15.1. The van der Waals surface area contributed by atoms with E-state index < -0.39 is 123 Å². The number of carbonyl (C=O) groups is 4. The second kappa shape index (κ2) is 11.3. The Hall–Kier alpha value is -4.43. The van der Waals surface area contributed by atoms with Crippen LogP contribution in [0.2, 0.25) is 5.02 Å². The van der Waals surface area contributed by atoms with E-state index >= 15 is 4.39 Å². The number of halogens is 4. The summed E-state index contributed by atoms with van der Waals surface area (Å²) < 4.78 is 72.6. The van der Waals surface area contributed by atoms with Crippen molar-refractivity contribution in [2.75, 3.05) is 19.3 Å². The molecule has 2 aliphatic heterocycles. The van der Waals surface area contributed by atoms with Gasteiger partial charge in [-0.2, -0.15) is 4.39 Å².